The minimum absolute atomic E-state index is 0.213. The van der Waals surface area contributed by atoms with E-state index in [4.69, 9.17) is 30.5 Å². The van der Waals surface area contributed by atoms with Crippen molar-refractivity contribution < 1.29 is 38.1 Å². The molecule has 0 spiro atoms. The van der Waals surface area contributed by atoms with Crippen molar-refractivity contribution in [2.24, 2.45) is 0 Å². The van der Waals surface area contributed by atoms with Gasteiger partial charge in [0.25, 0.3) is 5.24 Å². The molecule has 0 saturated carbocycles. The first-order chi connectivity index (χ1) is 19.0. The third-order valence-electron chi connectivity index (χ3n) is 6.73. The van der Waals surface area contributed by atoms with Gasteiger partial charge in [-0.1, -0.05) is 53.1 Å². The summed E-state index contributed by atoms with van der Waals surface area (Å²) in [7, 11) is 0. The lowest BCUT2D eigenvalue weighted by Crippen LogP contribution is -2.53. The quantitative estimate of drug-likeness (QED) is 0.210. The number of ether oxygens (including phenoxy) is 4. The molecule has 1 saturated heterocycles. The van der Waals surface area contributed by atoms with Crippen LogP contribution in [0, 0.1) is 20.8 Å². The first-order valence-corrected chi connectivity index (χ1v) is 13.0. The van der Waals surface area contributed by atoms with E-state index in [0.717, 1.165) is 16.7 Å². The predicted molar refractivity (Wildman–Crippen MR) is 146 cm³/mol. The van der Waals surface area contributed by atoms with Gasteiger partial charge in [0, 0.05) is 0 Å². The molecule has 0 aliphatic carbocycles. The molecule has 3 aromatic carbocycles. The second-order valence-corrected chi connectivity index (χ2v) is 10.3. The number of hydrogen-bond donors (Lipinski definition) is 0. The minimum atomic E-state index is -1.85. The van der Waals surface area contributed by atoms with E-state index in [0.29, 0.717) is 5.56 Å². The number of aryl methyl sites for hydroxylation is 3. The molecule has 0 aromatic heterocycles. The van der Waals surface area contributed by atoms with Gasteiger partial charge in [-0.25, -0.2) is 14.4 Å². The molecule has 208 valence electrons. The van der Waals surface area contributed by atoms with Crippen LogP contribution in [0.5, 0.6) is 0 Å². The number of hydrogen-bond acceptors (Lipinski definition) is 8. The molecule has 1 fully saturated rings. The van der Waals surface area contributed by atoms with Gasteiger partial charge >= 0.3 is 17.9 Å². The Balaban J connectivity index is 1.64. The van der Waals surface area contributed by atoms with Crippen molar-refractivity contribution in [1.29, 1.82) is 0 Å². The third kappa shape index (κ3) is 6.41. The van der Waals surface area contributed by atoms with Crippen molar-refractivity contribution in [2.45, 2.75) is 51.6 Å². The summed E-state index contributed by atoms with van der Waals surface area (Å²) >= 11 is 5.89. The van der Waals surface area contributed by atoms with Crippen LogP contribution in [0.4, 0.5) is 0 Å². The molecule has 1 aliphatic heterocycles. The van der Waals surface area contributed by atoms with Gasteiger partial charge in [0.2, 0.25) is 0 Å². The topological polar surface area (TPSA) is 105 Å². The SMILES string of the molecule is Cc1ccc(C(=O)OCC2O[C@@H](C(=O)Cl)[C@](C)(OC(=O)c3ccc(C)cc3)[C@@H]2OC(=O)c2ccc(C)cc2)cc1. The lowest BCUT2D eigenvalue weighted by Gasteiger charge is -2.33. The van der Waals surface area contributed by atoms with Crippen molar-refractivity contribution in [3.8, 4) is 0 Å². The summed E-state index contributed by atoms with van der Waals surface area (Å²) in [6.07, 6.45) is -4.04. The average Bonchev–Trinajstić information content (AvgIpc) is 3.19. The molecule has 0 bridgehead atoms. The smallest absolute Gasteiger partial charge is 0.338 e. The van der Waals surface area contributed by atoms with Crippen LogP contribution in [-0.2, 0) is 23.7 Å². The van der Waals surface area contributed by atoms with E-state index in [-0.39, 0.29) is 11.1 Å². The van der Waals surface area contributed by atoms with Crippen molar-refractivity contribution in [3.05, 3.63) is 106 Å². The standard InChI is InChI=1S/C31H29ClO8/c1-18-5-11-21(12-6-18)28(34)37-17-24-25(39-29(35)22-13-7-19(2)8-14-22)31(4,26(38-24)27(32)33)40-30(36)23-15-9-20(3)10-16-23/h5-16,24-26H,17H2,1-4H3/t24?,25-,26+,31-/m1/s1. The molecule has 1 heterocycles. The highest BCUT2D eigenvalue weighted by molar-refractivity contribution is 6.64. The normalized spacial score (nSPS) is 21.9. The van der Waals surface area contributed by atoms with E-state index in [1.807, 2.05) is 20.8 Å². The molecular weight excluding hydrogens is 536 g/mol. The van der Waals surface area contributed by atoms with Crippen molar-refractivity contribution >= 4 is 34.8 Å². The fourth-order valence-electron chi connectivity index (χ4n) is 4.36. The zero-order chi connectivity index (χ0) is 29.0. The fourth-order valence-corrected chi connectivity index (χ4v) is 4.63. The highest BCUT2D eigenvalue weighted by Crippen LogP contribution is 2.39. The Bertz CT molecular complexity index is 1400. The molecule has 1 unspecified atom stereocenters. The van der Waals surface area contributed by atoms with Gasteiger partial charge in [-0.15, -0.1) is 0 Å². The van der Waals surface area contributed by atoms with Crippen LogP contribution in [0.1, 0.15) is 54.7 Å². The van der Waals surface area contributed by atoms with Gasteiger partial charge in [-0.3, -0.25) is 4.79 Å². The van der Waals surface area contributed by atoms with Gasteiger partial charge in [-0.05, 0) is 75.7 Å². The zero-order valence-electron chi connectivity index (χ0n) is 22.5. The van der Waals surface area contributed by atoms with Crippen LogP contribution < -0.4 is 0 Å². The second kappa shape index (κ2) is 12.0. The van der Waals surface area contributed by atoms with Crippen molar-refractivity contribution in [2.75, 3.05) is 6.61 Å². The van der Waals surface area contributed by atoms with E-state index in [2.05, 4.69) is 0 Å². The second-order valence-electron chi connectivity index (χ2n) is 9.95. The molecule has 4 rings (SSSR count). The Hall–Kier alpha value is -4.01. The molecular formula is C31H29ClO8. The van der Waals surface area contributed by atoms with Gasteiger partial charge in [-0.2, -0.15) is 0 Å². The van der Waals surface area contributed by atoms with E-state index in [9.17, 15) is 19.2 Å². The van der Waals surface area contributed by atoms with E-state index >= 15 is 0 Å². The molecule has 0 amide bonds. The minimum Gasteiger partial charge on any atom is -0.459 e. The maximum absolute atomic E-state index is 13.2. The average molecular weight is 565 g/mol. The first kappa shape index (κ1) is 29.0. The Morgan fingerprint density at radius 2 is 1.15 bits per heavy atom. The first-order valence-electron chi connectivity index (χ1n) is 12.6. The number of carbonyl (C=O) groups is 4. The van der Waals surface area contributed by atoms with Crippen LogP contribution in [0.25, 0.3) is 0 Å². The van der Waals surface area contributed by atoms with E-state index < -0.39 is 53.7 Å². The maximum Gasteiger partial charge on any atom is 0.338 e. The molecule has 1 aliphatic rings. The van der Waals surface area contributed by atoms with Crippen molar-refractivity contribution in [1.82, 2.24) is 0 Å². The molecule has 3 aromatic rings. The van der Waals surface area contributed by atoms with Crippen molar-refractivity contribution in [3.63, 3.8) is 0 Å². The molecule has 0 radical (unpaired) electrons. The van der Waals surface area contributed by atoms with Gasteiger partial charge in [0.15, 0.2) is 17.8 Å². The maximum atomic E-state index is 13.2. The van der Waals surface area contributed by atoms with Crippen LogP contribution in [0.3, 0.4) is 0 Å². The molecule has 0 N–H and O–H groups in total. The summed E-state index contributed by atoms with van der Waals surface area (Å²) in [6, 6.07) is 20.0. The highest BCUT2D eigenvalue weighted by Gasteiger charge is 2.61. The Labute approximate surface area is 237 Å². The predicted octanol–water partition coefficient (Wildman–Crippen LogP) is 5.14. The highest BCUT2D eigenvalue weighted by atomic mass is 35.5. The molecule has 9 heteroatoms. The number of rotatable bonds is 8. The molecule has 4 atom stereocenters. The summed E-state index contributed by atoms with van der Waals surface area (Å²) < 4.78 is 22.9. The Morgan fingerprint density at radius 1 is 0.725 bits per heavy atom. The Morgan fingerprint density at radius 3 is 1.60 bits per heavy atom. The largest absolute Gasteiger partial charge is 0.459 e. The van der Waals surface area contributed by atoms with Crippen LogP contribution in [0.2, 0.25) is 0 Å². The van der Waals surface area contributed by atoms with Crippen LogP contribution >= 0.6 is 11.6 Å². The van der Waals surface area contributed by atoms with E-state index in [1.165, 1.54) is 6.92 Å². The lowest BCUT2D eigenvalue weighted by molar-refractivity contribution is -0.133. The summed E-state index contributed by atoms with van der Waals surface area (Å²) in [5.74, 6) is -2.17. The van der Waals surface area contributed by atoms with Gasteiger partial charge in [0.1, 0.15) is 12.7 Å². The number of esters is 3. The third-order valence-corrected chi connectivity index (χ3v) is 6.93. The summed E-state index contributed by atoms with van der Waals surface area (Å²) in [4.78, 5) is 51.5. The lowest BCUT2D eigenvalue weighted by atomic mass is 9.92. The number of benzene rings is 3. The summed E-state index contributed by atoms with van der Waals surface area (Å²) in [6.45, 7) is 6.62. The van der Waals surface area contributed by atoms with Crippen LogP contribution in [0.15, 0.2) is 72.8 Å². The molecule has 40 heavy (non-hydrogen) atoms. The summed E-state index contributed by atoms with van der Waals surface area (Å²) in [5, 5.41) is -0.969. The Kier molecular flexibility index (Phi) is 8.71. The van der Waals surface area contributed by atoms with Gasteiger partial charge in [0.05, 0.1) is 16.7 Å². The van der Waals surface area contributed by atoms with Gasteiger partial charge < -0.3 is 18.9 Å². The zero-order valence-corrected chi connectivity index (χ0v) is 23.3. The summed E-state index contributed by atoms with van der Waals surface area (Å²) in [5.41, 5.74) is 1.73. The molecule has 8 nitrogen and oxygen atoms in total. The van der Waals surface area contributed by atoms with Crippen LogP contribution in [-0.4, -0.2) is 53.7 Å². The van der Waals surface area contributed by atoms with E-state index in [1.54, 1.807) is 72.8 Å². The number of carbonyl (C=O) groups excluding carboxylic acids is 4. The monoisotopic (exact) mass is 564 g/mol. The number of halogens is 1. The fraction of sp³-hybridized carbons (Fsp3) is 0.290.